The van der Waals surface area contributed by atoms with Crippen LogP contribution in [0.5, 0.6) is 0 Å². The van der Waals surface area contributed by atoms with Gasteiger partial charge in [0.05, 0.1) is 11.0 Å². The Balaban J connectivity index is 1.22. The number of benzene rings is 1. The predicted molar refractivity (Wildman–Crippen MR) is 154 cm³/mol. The van der Waals surface area contributed by atoms with Crippen molar-refractivity contribution in [3.8, 4) is 0 Å². The van der Waals surface area contributed by atoms with Crippen LogP contribution >= 0.6 is 0 Å². The zero-order valence-corrected chi connectivity index (χ0v) is 23.3. The summed E-state index contributed by atoms with van der Waals surface area (Å²) in [5.41, 5.74) is 1.30. The number of carbonyl (C=O) groups is 2. The van der Waals surface area contributed by atoms with Gasteiger partial charge in [-0.2, -0.15) is 0 Å². The van der Waals surface area contributed by atoms with Crippen molar-refractivity contribution >= 4 is 28.8 Å². The fraction of sp³-hybridized carbons (Fsp3) is 0.613. The van der Waals surface area contributed by atoms with Crippen molar-refractivity contribution < 1.29 is 9.59 Å². The first kappa shape index (κ1) is 25.7. The lowest BCUT2D eigenvalue weighted by atomic mass is 9.68. The number of rotatable bonds is 4. The van der Waals surface area contributed by atoms with Gasteiger partial charge in [-0.05, 0) is 75.0 Å². The summed E-state index contributed by atoms with van der Waals surface area (Å²) in [4.78, 5) is 47.5. The van der Waals surface area contributed by atoms with Crippen LogP contribution in [-0.4, -0.2) is 50.7 Å². The largest absolute Gasteiger partial charge is 0.333 e. The van der Waals surface area contributed by atoms with Gasteiger partial charge in [0.25, 0.3) is 5.56 Å². The molecule has 2 N–H and O–H groups in total. The van der Waals surface area contributed by atoms with E-state index in [-0.39, 0.29) is 23.3 Å². The van der Waals surface area contributed by atoms with E-state index < -0.39 is 12.2 Å². The molecule has 5 aliphatic rings. The number of hydrogen-bond acceptors (Lipinski definition) is 5. The molecule has 212 valence electrons. The van der Waals surface area contributed by atoms with Gasteiger partial charge in [-0.25, -0.2) is 14.7 Å². The molecule has 1 unspecified atom stereocenters. The van der Waals surface area contributed by atoms with Crippen LogP contribution in [0.2, 0.25) is 0 Å². The standard InChI is InChI=1S/C31H40N6O3/c1-19(38)32-28-12-13-35(31(40)34-28)29-30(39)37(27-11-3-2-10-26(27)33-29)25-17-22-8-5-9-23(18-25)36(22)24-15-20-6-4-7-21(14-20)16-24/h2-3,10-13,20-25,28H,4-9,14-18H2,1H3,(H,32,38)(H,34,40)/t20-,21-,22-,23-,28?/m0/s1. The molecule has 4 fully saturated rings. The number of nitrogens with one attached hydrogen (secondary N) is 2. The van der Waals surface area contributed by atoms with E-state index in [0.29, 0.717) is 23.6 Å². The van der Waals surface area contributed by atoms with Crippen molar-refractivity contribution in [2.24, 2.45) is 11.8 Å². The summed E-state index contributed by atoms with van der Waals surface area (Å²) in [5.74, 6) is 1.66. The summed E-state index contributed by atoms with van der Waals surface area (Å²) in [5, 5.41) is 5.40. The van der Waals surface area contributed by atoms with Gasteiger partial charge < -0.3 is 15.2 Å². The zero-order chi connectivity index (χ0) is 27.4. The van der Waals surface area contributed by atoms with Crippen LogP contribution in [0.4, 0.5) is 10.6 Å². The molecule has 0 radical (unpaired) electrons. The molecule has 9 heteroatoms. The normalized spacial score (nSPS) is 34.0. The second kappa shape index (κ2) is 10.3. The Morgan fingerprint density at radius 2 is 1.60 bits per heavy atom. The van der Waals surface area contributed by atoms with Gasteiger partial charge in [0, 0.05) is 37.3 Å². The molecular formula is C31H40N6O3. The maximum absolute atomic E-state index is 14.2. The highest BCUT2D eigenvalue weighted by atomic mass is 16.2. The first-order chi connectivity index (χ1) is 19.4. The number of nitrogens with zero attached hydrogens (tertiary/aromatic N) is 4. The highest BCUT2D eigenvalue weighted by molar-refractivity contribution is 5.95. The predicted octanol–water partition coefficient (Wildman–Crippen LogP) is 4.43. The van der Waals surface area contributed by atoms with Crippen molar-refractivity contribution in [2.75, 3.05) is 4.90 Å². The summed E-state index contributed by atoms with van der Waals surface area (Å²) in [6, 6.07) is 9.06. The molecule has 1 aromatic heterocycles. The van der Waals surface area contributed by atoms with E-state index in [1.807, 2.05) is 28.8 Å². The molecule has 0 spiro atoms. The number of piperidine rings is 2. The first-order valence-corrected chi connectivity index (χ1v) is 15.3. The van der Waals surface area contributed by atoms with Crippen LogP contribution in [-0.2, 0) is 4.79 Å². The fourth-order valence-electron chi connectivity index (χ4n) is 8.76. The van der Waals surface area contributed by atoms with Gasteiger partial charge in [-0.1, -0.05) is 37.8 Å². The molecule has 1 aromatic carbocycles. The quantitative estimate of drug-likeness (QED) is 0.593. The fourth-order valence-corrected chi connectivity index (χ4v) is 8.76. The molecule has 2 saturated carbocycles. The number of carbonyl (C=O) groups excluding carboxylic acids is 2. The van der Waals surface area contributed by atoms with Crippen molar-refractivity contribution in [3.05, 3.63) is 46.9 Å². The smallest absolute Gasteiger partial charge is 0.329 e. The van der Waals surface area contributed by atoms with E-state index in [0.717, 1.165) is 30.2 Å². The Bertz CT molecular complexity index is 1380. The maximum Gasteiger partial charge on any atom is 0.329 e. The molecule has 7 rings (SSSR count). The third-order valence-electron chi connectivity index (χ3n) is 10.2. The summed E-state index contributed by atoms with van der Waals surface area (Å²) >= 11 is 0. The number of aromatic nitrogens is 2. The van der Waals surface area contributed by atoms with Crippen LogP contribution in [0.3, 0.4) is 0 Å². The van der Waals surface area contributed by atoms with Crippen molar-refractivity contribution in [1.29, 1.82) is 0 Å². The van der Waals surface area contributed by atoms with Gasteiger partial charge in [-0.3, -0.25) is 14.5 Å². The summed E-state index contributed by atoms with van der Waals surface area (Å²) in [6.45, 7) is 1.40. The number of hydrogen-bond donors (Lipinski definition) is 2. The summed E-state index contributed by atoms with van der Waals surface area (Å²) in [6.07, 6.45) is 16.5. The van der Waals surface area contributed by atoms with Crippen LogP contribution in [0, 0.1) is 11.8 Å². The molecule has 2 aromatic rings. The van der Waals surface area contributed by atoms with E-state index in [4.69, 9.17) is 0 Å². The van der Waals surface area contributed by atoms with Crippen molar-refractivity contribution in [1.82, 2.24) is 25.1 Å². The first-order valence-electron chi connectivity index (χ1n) is 15.3. The van der Waals surface area contributed by atoms with Crippen molar-refractivity contribution in [3.63, 3.8) is 0 Å². The zero-order valence-electron chi connectivity index (χ0n) is 23.3. The van der Waals surface area contributed by atoms with E-state index in [1.54, 1.807) is 12.3 Å². The second-order valence-corrected chi connectivity index (χ2v) is 12.8. The number of urea groups is 1. The number of para-hydroxylation sites is 2. The Labute approximate surface area is 235 Å². The van der Waals surface area contributed by atoms with E-state index in [1.165, 1.54) is 69.6 Å². The lowest BCUT2D eigenvalue weighted by Gasteiger charge is -2.55. The van der Waals surface area contributed by atoms with E-state index in [9.17, 15) is 14.4 Å². The van der Waals surface area contributed by atoms with Gasteiger partial charge in [0.15, 0.2) is 0 Å². The third kappa shape index (κ3) is 4.62. The monoisotopic (exact) mass is 544 g/mol. The van der Waals surface area contributed by atoms with Crippen LogP contribution in [0.25, 0.3) is 11.0 Å². The average Bonchev–Trinajstić information content (AvgIpc) is 2.92. The Hall–Kier alpha value is -3.20. The molecule has 9 nitrogen and oxygen atoms in total. The molecule has 2 aliphatic carbocycles. The Morgan fingerprint density at radius 3 is 2.30 bits per heavy atom. The third-order valence-corrected chi connectivity index (χ3v) is 10.2. The summed E-state index contributed by atoms with van der Waals surface area (Å²) in [7, 11) is 0. The molecule has 4 heterocycles. The van der Waals surface area contributed by atoms with E-state index in [2.05, 4.69) is 20.5 Å². The van der Waals surface area contributed by atoms with Crippen molar-refractivity contribution in [2.45, 2.75) is 108 Å². The molecule has 3 aliphatic heterocycles. The lowest BCUT2D eigenvalue weighted by Crippen LogP contribution is -2.59. The van der Waals surface area contributed by atoms with Gasteiger partial charge in [-0.15, -0.1) is 0 Å². The lowest BCUT2D eigenvalue weighted by molar-refractivity contribution is -0.119. The van der Waals surface area contributed by atoms with Gasteiger partial charge in [0.2, 0.25) is 11.7 Å². The van der Waals surface area contributed by atoms with E-state index >= 15 is 0 Å². The molecule has 4 bridgehead atoms. The minimum atomic E-state index is -0.619. The SMILES string of the molecule is CC(=O)NC1C=CN(c2nc3ccccc3n(C3C[C@@H]4CCC[C@@H](C3)N4C3C[C@H]4CCC[C@H](C3)C4)c2=O)C(=O)N1. The number of amides is 3. The number of fused-ring (bicyclic) bond motifs is 5. The molecular weight excluding hydrogens is 504 g/mol. The maximum atomic E-state index is 14.2. The Kier molecular flexibility index (Phi) is 6.65. The van der Waals surface area contributed by atoms with Crippen LogP contribution < -0.4 is 21.1 Å². The van der Waals surface area contributed by atoms with Gasteiger partial charge >= 0.3 is 6.03 Å². The molecule has 3 amide bonds. The molecule has 5 atom stereocenters. The highest BCUT2D eigenvalue weighted by Gasteiger charge is 2.45. The topological polar surface area (TPSA) is 99.6 Å². The number of anilines is 1. The minimum Gasteiger partial charge on any atom is -0.333 e. The van der Waals surface area contributed by atoms with Gasteiger partial charge in [0.1, 0.15) is 6.17 Å². The second-order valence-electron chi connectivity index (χ2n) is 12.8. The Morgan fingerprint density at radius 1 is 0.900 bits per heavy atom. The molecule has 40 heavy (non-hydrogen) atoms. The molecule has 2 saturated heterocycles. The highest BCUT2D eigenvalue weighted by Crippen LogP contribution is 2.47. The summed E-state index contributed by atoms with van der Waals surface area (Å²) < 4.78 is 1.94. The average molecular weight is 545 g/mol. The minimum absolute atomic E-state index is 0.0674. The van der Waals surface area contributed by atoms with Crippen LogP contribution in [0.1, 0.15) is 83.6 Å². The van der Waals surface area contributed by atoms with Crippen LogP contribution in [0.15, 0.2) is 41.3 Å².